The monoisotopic (exact) mass is 280 g/mol. The number of halogens is 1. The van der Waals surface area contributed by atoms with E-state index >= 15 is 0 Å². The van der Waals surface area contributed by atoms with Crippen LogP contribution in [0, 0.1) is 11.8 Å². The van der Waals surface area contributed by atoms with Crippen molar-refractivity contribution in [3.8, 4) is 0 Å². The summed E-state index contributed by atoms with van der Waals surface area (Å²) in [5, 5.41) is 20.1. The number of carboxylic acid groups (broad SMARTS) is 1. The smallest absolute Gasteiger partial charge is 0.314 e. The molecule has 5 atom stereocenters. The van der Waals surface area contributed by atoms with Crippen LogP contribution >= 0.6 is 11.6 Å². The fraction of sp³-hybridized carbons (Fsp3) is 0.533. The Kier molecular flexibility index (Phi) is 3.06. The fourth-order valence-corrected chi connectivity index (χ4v) is 4.49. The standard InChI is InChI=1S/C15H17ClO3/c16-13-10-6-7-11(8-10)15(13,19)12(14(17)18)9-4-2-1-3-5-9/h1-5,10-13,19H,6-8H2,(H,17,18)/t10-,11+,12-,13-,15+/m1/s1. The Morgan fingerprint density at radius 1 is 1.32 bits per heavy atom. The molecule has 3 rings (SSSR count). The van der Waals surface area contributed by atoms with Crippen molar-refractivity contribution in [1.82, 2.24) is 0 Å². The third-order valence-electron chi connectivity index (χ3n) is 4.83. The van der Waals surface area contributed by atoms with E-state index in [1.165, 1.54) is 0 Å². The van der Waals surface area contributed by atoms with Gasteiger partial charge in [-0.25, -0.2) is 0 Å². The van der Waals surface area contributed by atoms with Crippen molar-refractivity contribution in [3.05, 3.63) is 35.9 Å². The Morgan fingerprint density at radius 2 is 2.00 bits per heavy atom. The predicted molar refractivity (Wildman–Crippen MR) is 72.2 cm³/mol. The summed E-state index contributed by atoms with van der Waals surface area (Å²) in [4.78, 5) is 11.7. The maximum absolute atomic E-state index is 11.7. The average Bonchev–Trinajstić information content (AvgIpc) is 2.95. The molecule has 1 aromatic carbocycles. The Balaban J connectivity index is 2.04. The van der Waals surface area contributed by atoms with E-state index in [1.54, 1.807) is 24.3 Å². The molecule has 2 fully saturated rings. The SMILES string of the molecule is O=C(O)[C@@H](c1ccccc1)[C@@]1(O)[C@H]2CC[C@H](C2)[C@H]1Cl. The van der Waals surface area contributed by atoms with E-state index in [-0.39, 0.29) is 11.8 Å². The minimum absolute atomic E-state index is 0.00121. The first kappa shape index (κ1) is 12.9. The minimum Gasteiger partial charge on any atom is -0.481 e. The van der Waals surface area contributed by atoms with Crippen molar-refractivity contribution in [2.75, 3.05) is 0 Å². The molecule has 2 saturated carbocycles. The molecule has 0 aromatic heterocycles. The van der Waals surface area contributed by atoms with Crippen molar-refractivity contribution in [2.45, 2.75) is 36.2 Å². The summed E-state index contributed by atoms with van der Waals surface area (Å²) in [6, 6.07) is 8.94. The average molecular weight is 281 g/mol. The molecule has 0 aliphatic heterocycles. The van der Waals surface area contributed by atoms with Crippen LogP contribution in [0.5, 0.6) is 0 Å². The van der Waals surface area contributed by atoms with Crippen molar-refractivity contribution in [1.29, 1.82) is 0 Å². The second-order valence-electron chi connectivity index (χ2n) is 5.74. The van der Waals surface area contributed by atoms with Gasteiger partial charge in [-0.1, -0.05) is 30.3 Å². The van der Waals surface area contributed by atoms with Crippen LogP contribution in [-0.4, -0.2) is 27.2 Å². The zero-order valence-corrected chi connectivity index (χ0v) is 11.3. The number of carbonyl (C=O) groups is 1. The van der Waals surface area contributed by atoms with E-state index in [0.29, 0.717) is 5.56 Å². The molecule has 0 heterocycles. The normalized spacial score (nSPS) is 38.3. The van der Waals surface area contributed by atoms with Crippen molar-refractivity contribution in [2.24, 2.45) is 11.8 Å². The highest BCUT2D eigenvalue weighted by Crippen LogP contribution is 2.58. The highest BCUT2D eigenvalue weighted by Gasteiger charge is 2.62. The van der Waals surface area contributed by atoms with Crippen LogP contribution in [0.1, 0.15) is 30.7 Å². The molecule has 0 radical (unpaired) electrons. The van der Waals surface area contributed by atoms with E-state index in [2.05, 4.69) is 0 Å². The molecule has 102 valence electrons. The van der Waals surface area contributed by atoms with Crippen LogP contribution in [0.25, 0.3) is 0 Å². The first-order valence-corrected chi connectivity index (χ1v) is 7.13. The van der Waals surface area contributed by atoms with E-state index in [0.717, 1.165) is 19.3 Å². The zero-order valence-electron chi connectivity index (χ0n) is 10.5. The lowest BCUT2D eigenvalue weighted by Gasteiger charge is -2.41. The minimum atomic E-state index is -1.32. The van der Waals surface area contributed by atoms with Crippen LogP contribution < -0.4 is 0 Å². The summed E-state index contributed by atoms with van der Waals surface area (Å²) in [5.74, 6) is -1.68. The van der Waals surface area contributed by atoms with Gasteiger partial charge >= 0.3 is 5.97 Å². The second-order valence-corrected chi connectivity index (χ2v) is 6.21. The van der Waals surface area contributed by atoms with Crippen LogP contribution in [0.4, 0.5) is 0 Å². The van der Waals surface area contributed by atoms with Gasteiger partial charge in [0.25, 0.3) is 0 Å². The first-order valence-electron chi connectivity index (χ1n) is 6.69. The second kappa shape index (κ2) is 4.50. The lowest BCUT2D eigenvalue weighted by molar-refractivity contribution is -0.148. The molecule has 1 aromatic rings. The van der Waals surface area contributed by atoms with Crippen LogP contribution in [0.15, 0.2) is 30.3 Å². The third-order valence-corrected chi connectivity index (χ3v) is 5.53. The van der Waals surface area contributed by atoms with Crippen molar-refractivity contribution >= 4 is 17.6 Å². The van der Waals surface area contributed by atoms with E-state index < -0.39 is 22.9 Å². The number of aliphatic hydroxyl groups is 1. The molecule has 2 bridgehead atoms. The molecule has 0 unspecified atom stereocenters. The molecule has 0 saturated heterocycles. The largest absolute Gasteiger partial charge is 0.481 e. The Hall–Kier alpha value is -1.06. The fourth-order valence-electron chi connectivity index (χ4n) is 3.95. The molecule has 0 spiro atoms. The van der Waals surface area contributed by atoms with Crippen molar-refractivity contribution in [3.63, 3.8) is 0 Å². The summed E-state index contributed by atoms with van der Waals surface area (Å²) in [6.45, 7) is 0. The van der Waals surface area contributed by atoms with Gasteiger partial charge in [-0.3, -0.25) is 4.79 Å². The van der Waals surface area contributed by atoms with Gasteiger partial charge in [0.05, 0.1) is 5.38 Å². The molecular formula is C15H17ClO3. The number of carboxylic acids is 1. The van der Waals surface area contributed by atoms with Gasteiger partial charge in [0, 0.05) is 0 Å². The molecule has 0 amide bonds. The summed E-state index contributed by atoms with van der Waals surface area (Å²) >= 11 is 6.39. The van der Waals surface area contributed by atoms with Gasteiger partial charge in [0.1, 0.15) is 11.5 Å². The number of hydrogen-bond donors (Lipinski definition) is 2. The highest BCUT2D eigenvalue weighted by molar-refractivity contribution is 6.22. The topological polar surface area (TPSA) is 57.5 Å². The van der Waals surface area contributed by atoms with Gasteiger partial charge in [-0.15, -0.1) is 11.6 Å². The lowest BCUT2D eigenvalue weighted by Crippen LogP contribution is -2.52. The molecule has 4 heteroatoms. The molecule has 2 aliphatic carbocycles. The van der Waals surface area contributed by atoms with Gasteiger partial charge in [0.15, 0.2) is 0 Å². The first-order chi connectivity index (χ1) is 9.05. The van der Waals surface area contributed by atoms with Gasteiger partial charge in [-0.05, 0) is 36.7 Å². The number of fused-ring (bicyclic) bond motifs is 2. The predicted octanol–water partition coefficient (Wildman–Crippen LogP) is 2.62. The van der Waals surface area contributed by atoms with Gasteiger partial charge < -0.3 is 10.2 Å². The summed E-state index contributed by atoms with van der Waals surface area (Å²) in [7, 11) is 0. The molecular weight excluding hydrogens is 264 g/mol. The lowest BCUT2D eigenvalue weighted by atomic mass is 9.71. The Labute approximate surface area is 117 Å². The Bertz CT molecular complexity index is 485. The van der Waals surface area contributed by atoms with E-state index in [4.69, 9.17) is 11.6 Å². The number of rotatable bonds is 3. The van der Waals surface area contributed by atoms with Crippen molar-refractivity contribution < 1.29 is 15.0 Å². The Morgan fingerprint density at radius 3 is 2.53 bits per heavy atom. The third kappa shape index (κ3) is 1.79. The van der Waals surface area contributed by atoms with Crippen LogP contribution in [-0.2, 0) is 4.79 Å². The number of hydrogen-bond acceptors (Lipinski definition) is 2. The molecule has 19 heavy (non-hydrogen) atoms. The maximum atomic E-state index is 11.7. The van der Waals surface area contributed by atoms with Gasteiger partial charge in [0.2, 0.25) is 0 Å². The van der Waals surface area contributed by atoms with Crippen LogP contribution in [0.2, 0.25) is 0 Å². The van der Waals surface area contributed by atoms with E-state index in [9.17, 15) is 15.0 Å². The number of benzene rings is 1. The van der Waals surface area contributed by atoms with E-state index in [1.807, 2.05) is 6.07 Å². The molecule has 3 nitrogen and oxygen atoms in total. The van der Waals surface area contributed by atoms with Gasteiger partial charge in [-0.2, -0.15) is 0 Å². The summed E-state index contributed by atoms with van der Waals surface area (Å²) in [6.07, 6.45) is 2.73. The summed E-state index contributed by atoms with van der Waals surface area (Å²) in [5.41, 5.74) is -0.687. The quantitative estimate of drug-likeness (QED) is 0.837. The maximum Gasteiger partial charge on any atom is 0.314 e. The zero-order chi connectivity index (χ0) is 13.6. The van der Waals surface area contributed by atoms with Crippen LogP contribution in [0.3, 0.4) is 0 Å². The number of aliphatic carboxylic acids is 1. The molecule has 2 N–H and O–H groups in total. The highest BCUT2D eigenvalue weighted by atomic mass is 35.5. The number of alkyl halides is 1. The molecule has 2 aliphatic rings. The summed E-state index contributed by atoms with van der Waals surface area (Å²) < 4.78 is 0.